The van der Waals surface area contributed by atoms with E-state index in [9.17, 15) is 4.39 Å². The molecule has 2 rings (SSSR count). The first-order valence-corrected chi connectivity index (χ1v) is 7.60. The summed E-state index contributed by atoms with van der Waals surface area (Å²) in [5.74, 6) is -0.469. The quantitative estimate of drug-likeness (QED) is 0.613. The van der Waals surface area contributed by atoms with Crippen LogP contribution in [0.25, 0.3) is 0 Å². The lowest BCUT2D eigenvalue weighted by molar-refractivity contribution is 0.624. The SMILES string of the molecule is Cc1ccc(Br)c(NC(C)c2cc(F)c(Cl)cc2Cl)c1. The fourth-order valence-electron chi connectivity index (χ4n) is 1.93. The average molecular weight is 377 g/mol. The predicted molar refractivity (Wildman–Crippen MR) is 87.3 cm³/mol. The molecular formula is C15H13BrCl2FN. The summed E-state index contributed by atoms with van der Waals surface area (Å²) >= 11 is 15.3. The van der Waals surface area contributed by atoms with Crippen molar-refractivity contribution in [3.8, 4) is 0 Å². The molecule has 2 aromatic rings. The van der Waals surface area contributed by atoms with Crippen molar-refractivity contribution in [2.24, 2.45) is 0 Å². The Labute approximate surface area is 136 Å². The highest BCUT2D eigenvalue weighted by molar-refractivity contribution is 9.10. The summed E-state index contributed by atoms with van der Waals surface area (Å²) in [6.07, 6.45) is 0. The van der Waals surface area contributed by atoms with Crippen LogP contribution in [0.1, 0.15) is 24.1 Å². The molecule has 0 heterocycles. The summed E-state index contributed by atoms with van der Waals surface area (Å²) in [6.45, 7) is 3.93. The molecule has 1 N–H and O–H groups in total. The van der Waals surface area contributed by atoms with Gasteiger partial charge in [0.2, 0.25) is 0 Å². The van der Waals surface area contributed by atoms with Gasteiger partial charge in [-0.25, -0.2) is 4.39 Å². The van der Waals surface area contributed by atoms with E-state index in [1.165, 1.54) is 12.1 Å². The molecule has 0 fully saturated rings. The molecule has 0 radical (unpaired) electrons. The zero-order valence-corrected chi connectivity index (χ0v) is 14.1. The number of hydrogen-bond donors (Lipinski definition) is 1. The van der Waals surface area contributed by atoms with Crippen LogP contribution < -0.4 is 5.32 Å². The van der Waals surface area contributed by atoms with Crippen molar-refractivity contribution < 1.29 is 4.39 Å². The van der Waals surface area contributed by atoms with Crippen LogP contribution in [0.5, 0.6) is 0 Å². The van der Waals surface area contributed by atoms with E-state index in [4.69, 9.17) is 23.2 Å². The largest absolute Gasteiger partial charge is 0.378 e. The van der Waals surface area contributed by atoms with Gasteiger partial charge in [0.05, 0.1) is 11.1 Å². The molecule has 0 aliphatic carbocycles. The zero-order valence-electron chi connectivity index (χ0n) is 11.0. The lowest BCUT2D eigenvalue weighted by Crippen LogP contribution is -2.08. The van der Waals surface area contributed by atoms with E-state index in [1.807, 2.05) is 32.0 Å². The van der Waals surface area contributed by atoms with E-state index in [0.29, 0.717) is 10.6 Å². The Morgan fingerprint density at radius 1 is 1.15 bits per heavy atom. The van der Waals surface area contributed by atoms with Gasteiger partial charge in [0.15, 0.2) is 0 Å². The summed E-state index contributed by atoms with van der Waals surface area (Å²) in [5, 5.41) is 3.79. The molecule has 0 aliphatic heterocycles. The topological polar surface area (TPSA) is 12.0 Å². The number of hydrogen-bond acceptors (Lipinski definition) is 1. The second-order valence-electron chi connectivity index (χ2n) is 4.64. The van der Waals surface area contributed by atoms with Crippen LogP contribution in [0, 0.1) is 12.7 Å². The average Bonchev–Trinajstić information content (AvgIpc) is 2.38. The number of nitrogens with one attached hydrogen (secondary N) is 1. The number of aryl methyl sites for hydroxylation is 1. The molecule has 5 heteroatoms. The van der Waals surface area contributed by atoms with Gasteiger partial charge in [-0.2, -0.15) is 0 Å². The Balaban J connectivity index is 2.30. The van der Waals surface area contributed by atoms with Crippen LogP contribution in [0.3, 0.4) is 0 Å². The second-order valence-corrected chi connectivity index (χ2v) is 6.31. The fourth-order valence-corrected chi connectivity index (χ4v) is 2.84. The van der Waals surface area contributed by atoms with E-state index in [1.54, 1.807) is 0 Å². The first-order valence-electron chi connectivity index (χ1n) is 6.05. The molecule has 0 saturated heterocycles. The van der Waals surface area contributed by atoms with Gasteiger partial charge in [0.1, 0.15) is 5.82 Å². The summed E-state index contributed by atoms with van der Waals surface area (Å²) in [5.41, 5.74) is 2.74. The van der Waals surface area contributed by atoms with E-state index in [2.05, 4.69) is 21.2 Å². The first-order chi connectivity index (χ1) is 9.38. The minimum absolute atomic E-state index is 0.0303. The lowest BCUT2D eigenvalue weighted by Gasteiger charge is -2.19. The smallest absolute Gasteiger partial charge is 0.142 e. The van der Waals surface area contributed by atoms with Gasteiger partial charge in [0, 0.05) is 15.2 Å². The standard InChI is InChI=1S/C15H13BrCl2FN/c1-8-3-4-11(16)15(5-8)20-9(2)10-6-14(19)13(18)7-12(10)17/h3-7,9,20H,1-2H3. The summed E-state index contributed by atoms with van der Waals surface area (Å²) < 4.78 is 14.5. The van der Waals surface area contributed by atoms with E-state index in [-0.39, 0.29) is 11.1 Å². The maximum absolute atomic E-state index is 13.6. The van der Waals surface area contributed by atoms with Crippen molar-refractivity contribution in [3.63, 3.8) is 0 Å². The molecule has 1 atom stereocenters. The zero-order chi connectivity index (χ0) is 14.9. The van der Waals surface area contributed by atoms with Crippen molar-refractivity contribution in [2.75, 3.05) is 5.32 Å². The van der Waals surface area contributed by atoms with Gasteiger partial charge in [-0.3, -0.25) is 0 Å². The third-order valence-corrected chi connectivity index (χ3v) is 4.31. The summed E-state index contributed by atoms with van der Waals surface area (Å²) in [4.78, 5) is 0. The van der Waals surface area contributed by atoms with E-state index >= 15 is 0 Å². The van der Waals surface area contributed by atoms with Crippen LogP contribution in [0.4, 0.5) is 10.1 Å². The Hall–Kier alpha value is -0.770. The molecule has 1 nitrogen and oxygen atoms in total. The molecule has 0 saturated carbocycles. The minimum Gasteiger partial charge on any atom is -0.378 e. The van der Waals surface area contributed by atoms with Gasteiger partial charge in [-0.05, 0) is 65.2 Å². The van der Waals surface area contributed by atoms with Crippen molar-refractivity contribution in [3.05, 3.63) is 61.8 Å². The van der Waals surface area contributed by atoms with Gasteiger partial charge in [-0.15, -0.1) is 0 Å². The van der Waals surface area contributed by atoms with Crippen molar-refractivity contribution in [2.45, 2.75) is 19.9 Å². The number of anilines is 1. The van der Waals surface area contributed by atoms with Crippen LogP contribution in [0.15, 0.2) is 34.8 Å². The summed E-state index contributed by atoms with van der Waals surface area (Å²) in [7, 11) is 0. The Bertz CT molecular complexity index is 646. The van der Waals surface area contributed by atoms with Crippen LogP contribution in [-0.4, -0.2) is 0 Å². The highest BCUT2D eigenvalue weighted by Gasteiger charge is 2.14. The first kappa shape index (κ1) is 15.6. The number of rotatable bonds is 3. The highest BCUT2D eigenvalue weighted by Crippen LogP contribution is 2.32. The van der Waals surface area contributed by atoms with Gasteiger partial charge in [-0.1, -0.05) is 29.3 Å². The molecule has 2 aromatic carbocycles. The monoisotopic (exact) mass is 375 g/mol. The Morgan fingerprint density at radius 3 is 2.55 bits per heavy atom. The molecule has 0 amide bonds. The highest BCUT2D eigenvalue weighted by atomic mass is 79.9. The normalized spacial score (nSPS) is 12.3. The molecular weight excluding hydrogens is 364 g/mol. The van der Waals surface area contributed by atoms with Crippen molar-refractivity contribution in [1.29, 1.82) is 0 Å². The van der Waals surface area contributed by atoms with Gasteiger partial charge < -0.3 is 5.32 Å². The van der Waals surface area contributed by atoms with Crippen molar-refractivity contribution in [1.82, 2.24) is 0 Å². The Morgan fingerprint density at radius 2 is 1.85 bits per heavy atom. The lowest BCUT2D eigenvalue weighted by atomic mass is 10.1. The molecule has 0 bridgehead atoms. The maximum atomic E-state index is 13.6. The van der Waals surface area contributed by atoms with Crippen LogP contribution in [-0.2, 0) is 0 Å². The predicted octanol–water partition coefficient (Wildman–Crippen LogP) is 6.38. The number of benzene rings is 2. The summed E-state index contributed by atoms with van der Waals surface area (Å²) in [6, 6.07) is 8.64. The second kappa shape index (κ2) is 6.33. The van der Waals surface area contributed by atoms with Crippen molar-refractivity contribution >= 4 is 44.8 Å². The van der Waals surface area contributed by atoms with Crippen LogP contribution >= 0.6 is 39.1 Å². The molecule has 1 unspecified atom stereocenters. The molecule has 0 spiro atoms. The van der Waals surface area contributed by atoms with Crippen LogP contribution in [0.2, 0.25) is 10.0 Å². The van der Waals surface area contributed by atoms with Gasteiger partial charge in [0.25, 0.3) is 0 Å². The Kier molecular flexibility index (Phi) is 4.95. The molecule has 106 valence electrons. The number of halogens is 4. The van der Waals surface area contributed by atoms with E-state index < -0.39 is 5.82 Å². The van der Waals surface area contributed by atoms with E-state index in [0.717, 1.165) is 15.7 Å². The maximum Gasteiger partial charge on any atom is 0.142 e. The third kappa shape index (κ3) is 3.46. The molecule has 0 aliphatic rings. The fraction of sp³-hybridized carbons (Fsp3) is 0.200. The molecule has 0 aromatic heterocycles. The molecule has 20 heavy (non-hydrogen) atoms. The minimum atomic E-state index is -0.469. The van der Waals surface area contributed by atoms with Gasteiger partial charge >= 0.3 is 0 Å². The third-order valence-electron chi connectivity index (χ3n) is 3.00.